The van der Waals surface area contributed by atoms with Crippen LogP contribution in [-0.2, 0) is 6.42 Å². The lowest BCUT2D eigenvalue weighted by Crippen LogP contribution is -2.15. The van der Waals surface area contributed by atoms with E-state index in [0.29, 0.717) is 23.7 Å². The van der Waals surface area contributed by atoms with E-state index in [0.717, 1.165) is 3.57 Å². The number of nitrogens with zero attached hydrogens (tertiary/aromatic N) is 2. The van der Waals surface area contributed by atoms with Crippen molar-refractivity contribution in [2.24, 2.45) is 0 Å². The highest BCUT2D eigenvalue weighted by Gasteiger charge is 2.15. The van der Waals surface area contributed by atoms with Gasteiger partial charge in [-0.2, -0.15) is 0 Å². The van der Waals surface area contributed by atoms with Gasteiger partial charge in [-0.25, -0.2) is 9.97 Å². The first-order valence-electron chi connectivity index (χ1n) is 5.06. The van der Waals surface area contributed by atoms with Crippen LogP contribution in [0.5, 0.6) is 0 Å². The molecule has 0 saturated carbocycles. The van der Waals surface area contributed by atoms with E-state index in [2.05, 4.69) is 37.9 Å². The van der Waals surface area contributed by atoms with Gasteiger partial charge in [0.15, 0.2) is 12.1 Å². The quantitative estimate of drug-likeness (QED) is 0.870. The number of amides is 1. The maximum absolute atomic E-state index is 11.9. The molecule has 5 nitrogen and oxygen atoms in total. The zero-order valence-corrected chi connectivity index (χ0v) is 11.3. The molecule has 6 heteroatoms. The first-order chi connectivity index (χ1) is 8.20. The number of aryl methyl sites for hydroxylation is 1. The van der Waals surface area contributed by atoms with Gasteiger partial charge in [-0.3, -0.25) is 4.79 Å². The van der Waals surface area contributed by atoms with Gasteiger partial charge in [0.2, 0.25) is 0 Å². The first-order valence-corrected chi connectivity index (χ1v) is 6.14. The van der Waals surface area contributed by atoms with E-state index in [1.54, 1.807) is 12.3 Å². The smallest absolute Gasteiger partial charge is 0.279 e. The third-order valence-electron chi connectivity index (χ3n) is 2.15. The van der Waals surface area contributed by atoms with Crippen molar-refractivity contribution < 1.29 is 9.21 Å². The summed E-state index contributed by atoms with van der Waals surface area (Å²) < 4.78 is 6.11. The minimum atomic E-state index is -0.302. The largest absolute Gasteiger partial charge is 0.448 e. The van der Waals surface area contributed by atoms with Crippen molar-refractivity contribution in [2.75, 3.05) is 5.32 Å². The number of oxazole rings is 1. The molecule has 0 aliphatic carbocycles. The number of carbonyl (C=O) groups excluding carboxylic acids is 1. The van der Waals surface area contributed by atoms with Crippen molar-refractivity contribution in [3.05, 3.63) is 39.7 Å². The predicted octanol–water partition coefficient (Wildman–Crippen LogP) is 2.49. The molecule has 17 heavy (non-hydrogen) atoms. The lowest BCUT2D eigenvalue weighted by molar-refractivity contribution is 0.102. The topological polar surface area (TPSA) is 68.0 Å². The Hall–Kier alpha value is -1.44. The number of hydrogen-bond donors (Lipinski definition) is 1. The number of aromatic nitrogens is 2. The van der Waals surface area contributed by atoms with Crippen molar-refractivity contribution in [2.45, 2.75) is 13.3 Å². The van der Waals surface area contributed by atoms with Crippen molar-refractivity contribution in [1.82, 2.24) is 9.97 Å². The van der Waals surface area contributed by atoms with Crippen molar-refractivity contribution in [3.8, 4) is 0 Å². The van der Waals surface area contributed by atoms with E-state index < -0.39 is 0 Å². The van der Waals surface area contributed by atoms with Crippen molar-refractivity contribution in [3.63, 3.8) is 0 Å². The number of pyridine rings is 1. The van der Waals surface area contributed by atoms with Crippen LogP contribution in [0.15, 0.2) is 29.1 Å². The standard InChI is InChI=1S/C11H10IN3O2/c1-2-8-10(14-6-17-8)11(16)15-9-4-3-7(12)5-13-9/h3-6H,2H2,1H3,(H,13,15,16). The Kier molecular flexibility index (Phi) is 3.72. The van der Waals surface area contributed by atoms with Crippen LogP contribution in [0.4, 0.5) is 5.82 Å². The highest BCUT2D eigenvalue weighted by Crippen LogP contribution is 2.11. The molecule has 2 heterocycles. The molecule has 0 spiro atoms. The van der Waals surface area contributed by atoms with Crippen molar-refractivity contribution >= 4 is 34.3 Å². The molecule has 1 amide bonds. The third kappa shape index (κ3) is 2.82. The zero-order valence-electron chi connectivity index (χ0n) is 9.11. The van der Waals surface area contributed by atoms with Crippen LogP contribution < -0.4 is 5.32 Å². The Morgan fingerprint density at radius 3 is 2.94 bits per heavy atom. The molecular formula is C11H10IN3O2. The van der Waals surface area contributed by atoms with Crippen LogP contribution in [0.2, 0.25) is 0 Å². The molecular weight excluding hydrogens is 333 g/mol. The minimum absolute atomic E-state index is 0.302. The van der Waals surface area contributed by atoms with Gasteiger partial charge in [0.1, 0.15) is 11.6 Å². The number of carbonyl (C=O) groups is 1. The van der Waals surface area contributed by atoms with Gasteiger partial charge in [-0.05, 0) is 34.7 Å². The molecule has 0 fully saturated rings. The molecule has 0 saturated heterocycles. The molecule has 1 N–H and O–H groups in total. The summed E-state index contributed by atoms with van der Waals surface area (Å²) in [6, 6.07) is 3.61. The summed E-state index contributed by atoms with van der Waals surface area (Å²) in [7, 11) is 0. The summed E-state index contributed by atoms with van der Waals surface area (Å²) in [5, 5.41) is 2.67. The van der Waals surface area contributed by atoms with Crippen LogP contribution in [0.25, 0.3) is 0 Å². The molecule has 0 aliphatic heterocycles. The lowest BCUT2D eigenvalue weighted by atomic mass is 10.2. The Bertz CT molecular complexity index is 522. The van der Waals surface area contributed by atoms with Gasteiger partial charge in [0, 0.05) is 16.2 Å². The van der Waals surface area contributed by atoms with Crippen LogP contribution >= 0.6 is 22.6 Å². The summed E-state index contributed by atoms with van der Waals surface area (Å²) >= 11 is 2.15. The second-order valence-corrected chi connectivity index (χ2v) is 4.54. The van der Waals surface area contributed by atoms with Gasteiger partial charge < -0.3 is 9.73 Å². The second-order valence-electron chi connectivity index (χ2n) is 3.29. The number of rotatable bonds is 3. The minimum Gasteiger partial charge on any atom is -0.448 e. The third-order valence-corrected chi connectivity index (χ3v) is 2.78. The van der Waals surface area contributed by atoms with E-state index in [9.17, 15) is 4.79 Å². The maximum atomic E-state index is 11.9. The molecule has 0 aromatic carbocycles. The normalized spacial score (nSPS) is 10.2. The van der Waals surface area contributed by atoms with Gasteiger partial charge in [0.25, 0.3) is 5.91 Å². The molecule has 0 unspecified atom stereocenters. The number of nitrogens with one attached hydrogen (secondary N) is 1. The number of anilines is 1. The number of halogens is 1. The summed E-state index contributed by atoms with van der Waals surface area (Å²) in [6.07, 6.45) is 3.58. The Balaban J connectivity index is 2.14. The fourth-order valence-corrected chi connectivity index (χ4v) is 1.65. The SMILES string of the molecule is CCc1ocnc1C(=O)Nc1ccc(I)cn1. The van der Waals surface area contributed by atoms with Crippen LogP contribution in [0.3, 0.4) is 0 Å². The Labute approximate surface area is 112 Å². The molecule has 2 aromatic rings. The maximum Gasteiger partial charge on any atom is 0.279 e. The van der Waals surface area contributed by atoms with Crippen molar-refractivity contribution in [1.29, 1.82) is 0 Å². The van der Waals surface area contributed by atoms with Gasteiger partial charge in [-0.15, -0.1) is 0 Å². The molecule has 0 aliphatic rings. The summed E-state index contributed by atoms with van der Waals surface area (Å²) in [5.74, 6) is 0.776. The van der Waals surface area contributed by atoms with E-state index in [-0.39, 0.29) is 5.91 Å². The highest BCUT2D eigenvalue weighted by atomic mass is 127. The summed E-state index contributed by atoms with van der Waals surface area (Å²) in [5.41, 5.74) is 0.313. The van der Waals surface area contributed by atoms with E-state index >= 15 is 0 Å². The van der Waals surface area contributed by atoms with Crippen LogP contribution in [0.1, 0.15) is 23.2 Å². The first kappa shape index (κ1) is 12.0. The summed E-state index contributed by atoms with van der Waals surface area (Å²) in [4.78, 5) is 19.8. The van der Waals surface area contributed by atoms with Gasteiger partial charge in [0.05, 0.1) is 0 Å². The van der Waals surface area contributed by atoms with E-state index in [4.69, 9.17) is 4.42 Å². The lowest BCUT2D eigenvalue weighted by Gasteiger charge is -2.02. The highest BCUT2D eigenvalue weighted by molar-refractivity contribution is 14.1. The van der Waals surface area contributed by atoms with E-state index in [1.165, 1.54) is 6.39 Å². The molecule has 2 rings (SSSR count). The Morgan fingerprint density at radius 1 is 1.47 bits per heavy atom. The van der Waals surface area contributed by atoms with Crippen LogP contribution in [0, 0.1) is 3.57 Å². The predicted molar refractivity (Wildman–Crippen MR) is 70.8 cm³/mol. The molecule has 0 radical (unpaired) electrons. The van der Waals surface area contributed by atoms with Crippen LogP contribution in [-0.4, -0.2) is 15.9 Å². The fourth-order valence-electron chi connectivity index (χ4n) is 1.33. The van der Waals surface area contributed by atoms with Gasteiger partial charge >= 0.3 is 0 Å². The average Bonchev–Trinajstić information content (AvgIpc) is 2.80. The molecule has 0 bridgehead atoms. The zero-order chi connectivity index (χ0) is 12.3. The van der Waals surface area contributed by atoms with Gasteiger partial charge in [-0.1, -0.05) is 6.92 Å². The monoisotopic (exact) mass is 343 g/mol. The average molecular weight is 343 g/mol. The fraction of sp³-hybridized carbons (Fsp3) is 0.182. The summed E-state index contributed by atoms with van der Waals surface area (Å²) in [6.45, 7) is 1.90. The Morgan fingerprint density at radius 2 is 2.29 bits per heavy atom. The molecule has 2 aromatic heterocycles. The van der Waals surface area contributed by atoms with E-state index in [1.807, 2.05) is 13.0 Å². The molecule has 88 valence electrons. The second kappa shape index (κ2) is 5.26. The molecule has 0 atom stereocenters. The number of hydrogen-bond acceptors (Lipinski definition) is 4.